The Morgan fingerprint density at radius 3 is 2.73 bits per heavy atom. The monoisotopic (exact) mass is 354 g/mol. The second kappa shape index (κ2) is 7.51. The molecule has 0 N–H and O–H groups in total. The number of fused-ring (bicyclic) bond motifs is 1. The average molecular weight is 354 g/mol. The summed E-state index contributed by atoms with van der Waals surface area (Å²) in [5.41, 5.74) is 4.01. The summed E-state index contributed by atoms with van der Waals surface area (Å²) in [6.07, 6.45) is 0.991. The first kappa shape index (κ1) is 17.8. The van der Waals surface area contributed by atoms with Crippen molar-refractivity contribution in [2.75, 3.05) is 6.61 Å². The van der Waals surface area contributed by atoms with E-state index in [-0.39, 0.29) is 18.9 Å². The van der Waals surface area contributed by atoms with Gasteiger partial charge in [0.05, 0.1) is 5.52 Å². The molecule has 0 fully saturated rings. The minimum absolute atomic E-state index is 0.0807. The summed E-state index contributed by atoms with van der Waals surface area (Å²) in [6.45, 7) is 6.49. The number of hydrogen-bond donors (Lipinski definition) is 0. The van der Waals surface area contributed by atoms with Crippen LogP contribution in [-0.2, 0) is 22.6 Å². The van der Waals surface area contributed by atoms with Crippen molar-refractivity contribution in [3.05, 3.63) is 47.3 Å². The van der Waals surface area contributed by atoms with Crippen molar-refractivity contribution >= 4 is 22.8 Å². The highest BCUT2D eigenvalue weighted by molar-refractivity contribution is 5.99. The van der Waals surface area contributed by atoms with Crippen molar-refractivity contribution in [3.63, 3.8) is 0 Å². The lowest BCUT2D eigenvalue weighted by Crippen LogP contribution is -2.19. The summed E-state index contributed by atoms with van der Waals surface area (Å²) < 4.78 is 8.73. The number of hydrogen-bond acceptors (Lipinski definition) is 5. The largest absolute Gasteiger partial charge is 0.456 e. The number of aromatic nitrogens is 4. The maximum absolute atomic E-state index is 12.4. The van der Waals surface area contributed by atoms with E-state index in [2.05, 4.69) is 21.8 Å². The average Bonchev–Trinajstić information content (AvgIpc) is 3.16. The zero-order valence-corrected chi connectivity index (χ0v) is 15.2. The summed E-state index contributed by atoms with van der Waals surface area (Å²) in [4.78, 5) is 24.5. The molecule has 0 aliphatic heterocycles. The Hall–Kier alpha value is -2.96. The van der Waals surface area contributed by atoms with E-state index in [4.69, 9.17) is 4.74 Å². The number of ketones is 1. The number of rotatable bonds is 7. The predicted octanol–water partition coefficient (Wildman–Crippen LogP) is 2.69. The number of esters is 1. The first-order valence-corrected chi connectivity index (χ1v) is 8.65. The van der Waals surface area contributed by atoms with Crippen molar-refractivity contribution in [2.24, 2.45) is 0 Å². The van der Waals surface area contributed by atoms with Crippen LogP contribution in [0.4, 0.5) is 0 Å². The molecule has 0 aliphatic rings. The van der Waals surface area contributed by atoms with E-state index in [1.807, 2.05) is 44.2 Å². The quantitative estimate of drug-likeness (QED) is 0.481. The molecule has 0 saturated heterocycles. The molecule has 3 rings (SSSR count). The van der Waals surface area contributed by atoms with Crippen LogP contribution in [0.1, 0.15) is 35.1 Å². The van der Waals surface area contributed by atoms with E-state index in [0.717, 1.165) is 29.9 Å². The molecule has 0 atom stereocenters. The van der Waals surface area contributed by atoms with E-state index < -0.39 is 5.97 Å². The Balaban J connectivity index is 1.63. The lowest BCUT2D eigenvalue weighted by molar-refractivity contribution is -0.143. The number of benzene rings is 1. The Labute approximate surface area is 151 Å². The normalized spacial score (nSPS) is 11.0. The van der Waals surface area contributed by atoms with E-state index in [9.17, 15) is 9.59 Å². The predicted molar refractivity (Wildman–Crippen MR) is 97.0 cm³/mol. The Morgan fingerprint density at radius 1 is 1.19 bits per heavy atom. The molecule has 26 heavy (non-hydrogen) atoms. The van der Waals surface area contributed by atoms with E-state index in [0.29, 0.717) is 11.1 Å². The third-order valence-corrected chi connectivity index (χ3v) is 4.38. The number of para-hydroxylation sites is 1. The second-order valence-corrected chi connectivity index (χ2v) is 6.26. The second-order valence-electron chi connectivity index (χ2n) is 6.26. The van der Waals surface area contributed by atoms with Crippen LogP contribution in [0.25, 0.3) is 11.0 Å². The van der Waals surface area contributed by atoms with Gasteiger partial charge in [-0.15, -0.1) is 5.10 Å². The number of carbonyl (C=O) groups excluding carboxylic acids is 2. The maximum atomic E-state index is 12.4. The first-order valence-electron chi connectivity index (χ1n) is 8.65. The van der Waals surface area contributed by atoms with Crippen LogP contribution in [0.15, 0.2) is 30.3 Å². The molecular formula is C19H22N4O3. The molecule has 0 radical (unpaired) electrons. The van der Waals surface area contributed by atoms with Crippen LogP contribution in [0, 0.1) is 13.8 Å². The van der Waals surface area contributed by atoms with Crippen LogP contribution in [0.3, 0.4) is 0 Å². The molecule has 7 heteroatoms. The fourth-order valence-electron chi connectivity index (χ4n) is 3.08. The van der Waals surface area contributed by atoms with E-state index in [1.165, 1.54) is 4.68 Å². The van der Waals surface area contributed by atoms with Crippen molar-refractivity contribution < 1.29 is 14.3 Å². The van der Waals surface area contributed by atoms with Gasteiger partial charge in [-0.25, -0.2) is 4.68 Å². The summed E-state index contributed by atoms with van der Waals surface area (Å²) in [7, 11) is 0. The van der Waals surface area contributed by atoms with Gasteiger partial charge >= 0.3 is 5.97 Å². The SMILES string of the molecule is CCCn1c(C)cc(C(=O)COC(=O)Cn2nnc3ccccc32)c1C. The highest BCUT2D eigenvalue weighted by atomic mass is 16.5. The Kier molecular flexibility index (Phi) is 5.16. The zero-order valence-electron chi connectivity index (χ0n) is 15.2. The van der Waals surface area contributed by atoms with Crippen molar-refractivity contribution in [3.8, 4) is 0 Å². The molecule has 0 unspecified atom stereocenters. The maximum Gasteiger partial charge on any atom is 0.328 e. The summed E-state index contributed by atoms with van der Waals surface area (Å²) in [5.74, 6) is -0.714. The molecule has 1 aromatic carbocycles. The van der Waals surface area contributed by atoms with Gasteiger partial charge in [-0.3, -0.25) is 9.59 Å². The lowest BCUT2D eigenvalue weighted by atomic mass is 10.1. The minimum Gasteiger partial charge on any atom is -0.456 e. The third kappa shape index (κ3) is 3.51. The number of Topliss-reactive ketones (excluding diaryl/α,β-unsaturated/α-hetero) is 1. The topological polar surface area (TPSA) is 79.0 Å². The number of aryl methyl sites for hydroxylation is 1. The Bertz CT molecular complexity index is 955. The fraction of sp³-hybridized carbons (Fsp3) is 0.368. The van der Waals surface area contributed by atoms with E-state index >= 15 is 0 Å². The van der Waals surface area contributed by atoms with Gasteiger partial charge in [0.25, 0.3) is 0 Å². The molecule has 136 valence electrons. The summed E-state index contributed by atoms with van der Waals surface area (Å²) in [6, 6.07) is 9.21. The van der Waals surface area contributed by atoms with Crippen LogP contribution in [-0.4, -0.2) is 37.9 Å². The van der Waals surface area contributed by atoms with Crippen molar-refractivity contribution in [1.82, 2.24) is 19.6 Å². The molecule has 7 nitrogen and oxygen atoms in total. The van der Waals surface area contributed by atoms with Crippen LogP contribution < -0.4 is 0 Å². The number of carbonyl (C=O) groups is 2. The van der Waals surface area contributed by atoms with Gasteiger partial charge in [0.2, 0.25) is 5.78 Å². The molecule has 0 amide bonds. The van der Waals surface area contributed by atoms with Gasteiger partial charge in [-0.2, -0.15) is 0 Å². The molecule has 0 aliphatic carbocycles. The summed E-state index contributed by atoms with van der Waals surface area (Å²) >= 11 is 0. The smallest absolute Gasteiger partial charge is 0.328 e. The van der Waals surface area contributed by atoms with Gasteiger partial charge < -0.3 is 9.30 Å². The molecule has 0 saturated carbocycles. The van der Waals surface area contributed by atoms with Crippen molar-refractivity contribution in [2.45, 2.75) is 40.3 Å². The van der Waals surface area contributed by atoms with Gasteiger partial charge in [-0.05, 0) is 38.5 Å². The number of ether oxygens (including phenoxy) is 1. The molecule has 2 aromatic heterocycles. The summed E-state index contributed by atoms with van der Waals surface area (Å²) in [5, 5.41) is 7.94. The van der Waals surface area contributed by atoms with E-state index in [1.54, 1.807) is 0 Å². The van der Waals surface area contributed by atoms with Gasteiger partial charge in [0.1, 0.15) is 12.1 Å². The van der Waals surface area contributed by atoms with Gasteiger partial charge in [0.15, 0.2) is 6.61 Å². The fourth-order valence-corrected chi connectivity index (χ4v) is 3.08. The minimum atomic E-state index is -0.517. The molecule has 3 aromatic rings. The Morgan fingerprint density at radius 2 is 1.96 bits per heavy atom. The number of nitrogens with zero attached hydrogens (tertiary/aromatic N) is 4. The van der Waals surface area contributed by atoms with Crippen LogP contribution in [0.2, 0.25) is 0 Å². The zero-order chi connectivity index (χ0) is 18.7. The van der Waals surface area contributed by atoms with Crippen LogP contribution in [0.5, 0.6) is 0 Å². The van der Waals surface area contributed by atoms with Crippen LogP contribution >= 0.6 is 0 Å². The van der Waals surface area contributed by atoms with Crippen molar-refractivity contribution in [1.29, 1.82) is 0 Å². The molecule has 0 bridgehead atoms. The standard InChI is InChI=1S/C19H22N4O3/c1-4-9-22-13(2)10-15(14(22)3)18(24)12-26-19(25)11-23-17-8-6-5-7-16(17)20-21-23/h5-8,10H,4,9,11-12H2,1-3H3. The molecular weight excluding hydrogens is 332 g/mol. The van der Waals surface area contributed by atoms with Gasteiger partial charge in [0, 0.05) is 23.5 Å². The molecule has 2 heterocycles. The highest BCUT2D eigenvalue weighted by Gasteiger charge is 2.17. The molecule has 0 spiro atoms. The highest BCUT2D eigenvalue weighted by Crippen LogP contribution is 2.16. The van der Waals surface area contributed by atoms with Gasteiger partial charge in [-0.1, -0.05) is 24.3 Å². The first-order chi connectivity index (χ1) is 12.5. The lowest BCUT2D eigenvalue weighted by Gasteiger charge is -2.08. The third-order valence-electron chi connectivity index (χ3n) is 4.38.